The van der Waals surface area contributed by atoms with Crippen LogP contribution >= 0.6 is 0 Å². The number of nitrogen functional groups attached to an aromatic ring is 1. The van der Waals surface area contributed by atoms with Crippen molar-refractivity contribution in [2.45, 2.75) is 24.2 Å². The Morgan fingerprint density at radius 1 is 1.24 bits per heavy atom. The van der Waals surface area contributed by atoms with Gasteiger partial charge in [-0.25, -0.2) is 13.1 Å². The van der Waals surface area contributed by atoms with Gasteiger partial charge in [0.05, 0.1) is 5.69 Å². The molecule has 1 fully saturated rings. The van der Waals surface area contributed by atoms with Gasteiger partial charge in [0.15, 0.2) is 0 Å². The summed E-state index contributed by atoms with van der Waals surface area (Å²) in [5, 5.41) is 3.29. The van der Waals surface area contributed by atoms with Crippen LogP contribution in [-0.4, -0.2) is 46.5 Å². The fourth-order valence-corrected chi connectivity index (χ4v) is 3.39. The summed E-state index contributed by atoms with van der Waals surface area (Å²) in [6.45, 7) is 4.17. The number of benzene rings is 1. The molecule has 1 saturated heterocycles. The van der Waals surface area contributed by atoms with E-state index < -0.39 is 10.0 Å². The summed E-state index contributed by atoms with van der Waals surface area (Å²) in [6.07, 6.45) is 3.90. The third-order valence-corrected chi connectivity index (χ3v) is 5.26. The number of anilines is 2. The highest BCUT2D eigenvalue weighted by molar-refractivity contribution is 7.89. The van der Waals surface area contributed by atoms with Crippen molar-refractivity contribution in [3.05, 3.63) is 18.2 Å². The number of hydrogen-bond acceptors (Lipinski definition) is 5. The Labute approximate surface area is 126 Å². The van der Waals surface area contributed by atoms with Gasteiger partial charge in [0, 0.05) is 18.8 Å². The topological polar surface area (TPSA) is 87.5 Å². The van der Waals surface area contributed by atoms with Crippen LogP contribution in [0.5, 0.6) is 0 Å². The molecule has 0 aliphatic carbocycles. The van der Waals surface area contributed by atoms with Crippen molar-refractivity contribution >= 4 is 21.4 Å². The molecule has 118 valence electrons. The fraction of sp³-hybridized carbons (Fsp3) is 0.571. The van der Waals surface area contributed by atoms with E-state index in [1.165, 1.54) is 45.5 Å². The molecule has 0 spiro atoms. The lowest BCUT2D eigenvalue weighted by Gasteiger charge is -2.26. The molecular weight excluding hydrogens is 288 g/mol. The van der Waals surface area contributed by atoms with E-state index in [4.69, 9.17) is 5.73 Å². The number of nitrogens with two attached hydrogens (primary N) is 1. The van der Waals surface area contributed by atoms with Crippen LogP contribution in [0.15, 0.2) is 23.1 Å². The second-order valence-corrected chi connectivity index (χ2v) is 7.14. The molecule has 1 heterocycles. The van der Waals surface area contributed by atoms with E-state index in [9.17, 15) is 8.42 Å². The maximum atomic E-state index is 11.7. The van der Waals surface area contributed by atoms with Gasteiger partial charge in [0.25, 0.3) is 0 Å². The molecule has 1 aromatic carbocycles. The smallest absolute Gasteiger partial charge is 0.242 e. The summed E-state index contributed by atoms with van der Waals surface area (Å²) in [6, 6.07) is 4.95. The van der Waals surface area contributed by atoms with E-state index in [1.807, 2.05) is 0 Å². The van der Waals surface area contributed by atoms with Crippen molar-refractivity contribution in [1.82, 2.24) is 9.62 Å². The number of rotatable bonds is 6. The molecule has 0 bridgehead atoms. The molecule has 21 heavy (non-hydrogen) atoms. The van der Waals surface area contributed by atoms with Crippen LogP contribution in [0.1, 0.15) is 19.3 Å². The SMILES string of the molecule is CNS(=O)(=O)c1ccc(NCCN2CCCCC2)cc1N. The lowest BCUT2D eigenvalue weighted by atomic mass is 10.1. The second kappa shape index (κ2) is 7.11. The second-order valence-electron chi connectivity index (χ2n) is 5.29. The van der Waals surface area contributed by atoms with Gasteiger partial charge < -0.3 is 16.0 Å². The van der Waals surface area contributed by atoms with Gasteiger partial charge in [0.2, 0.25) is 10.0 Å². The average molecular weight is 312 g/mol. The summed E-state index contributed by atoms with van der Waals surface area (Å²) < 4.78 is 25.7. The van der Waals surface area contributed by atoms with Crippen molar-refractivity contribution in [1.29, 1.82) is 0 Å². The van der Waals surface area contributed by atoms with Crippen molar-refractivity contribution in [3.8, 4) is 0 Å². The van der Waals surface area contributed by atoms with E-state index in [0.717, 1.165) is 18.8 Å². The molecule has 1 aliphatic heterocycles. The normalized spacial score (nSPS) is 16.8. The largest absolute Gasteiger partial charge is 0.398 e. The highest BCUT2D eigenvalue weighted by Crippen LogP contribution is 2.22. The summed E-state index contributed by atoms with van der Waals surface area (Å²) in [5.41, 5.74) is 6.93. The molecule has 0 radical (unpaired) electrons. The zero-order valence-corrected chi connectivity index (χ0v) is 13.2. The van der Waals surface area contributed by atoms with Crippen molar-refractivity contribution in [3.63, 3.8) is 0 Å². The monoisotopic (exact) mass is 312 g/mol. The standard InChI is InChI=1S/C14H24N4O2S/c1-16-21(19,20)14-6-5-12(11-13(14)15)17-7-10-18-8-3-2-4-9-18/h5-6,11,16-17H,2-4,7-10,15H2,1H3. The maximum Gasteiger partial charge on any atom is 0.242 e. The number of piperidine rings is 1. The van der Waals surface area contributed by atoms with Crippen molar-refractivity contribution < 1.29 is 8.42 Å². The first-order chi connectivity index (χ1) is 10.0. The number of nitrogens with one attached hydrogen (secondary N) is 2. The third kappa shape index (κ3) is 4.33. The van der Waals surface area contributed by atoms with Crippen LogP contribution in [0.2, 0.25) is 0 Å². The lowest BCUT2D eigenvalue weighted by Crippen LogP contribution is -2.33. The Hall–Kier alpha value is -1.31. The van der Waals surface area contributed by atoms with Gasteiger partial charge in [-0.2, -0.15) is 0 Å². The predicted octanol–water partition coefficient (Wildman–Crippen LogP) is 1.07. The first-order valence-electron chi connectivity index (χ1n) is 7.32. The average Bonchev–Trinajstić information content (AvgIpc) is 2.48. The van der Waals surface area contributed by atoms with Crippen LogP contribution in [0.4, 0.5) is 11.4 Å². The van der Waals surface area contributed by atoms with Gasteiger partial charge in [0.1, 0.15) is 4.90 Å². The zero-order chi connectivity index (χ0) is 15.3. The van der Waals surface area contributed by atoms with E-state index >= 15 is 0 Å². The molecular formula is C14H24N4O2S. The summed E-state index contributed by atoms with van der Waals surface area (Å²) in [5.74, 6) is 0. The highest BCUT2D eigenvalue weighted by atomic mass is 32.2. The summed E-state index contributed by atoms with van der Waals surface area (Å²) >= 11 is 0. The van der Waals surface area contributed by atoms with E-state index in [-0.39, 0.29) is 10.6 Å². The van der Waals surface area contributed by atoms with Gasteiger partial charge in [-0.3, -0.25) is 0 Å². The Bertz CT molecular complexity index is 568. The van der Waals surface area contributed by atoms with Gasteiger partial charge >= 0.3 is 0 Å². The van der Waals surface area contributed by atoms with Crippen LogP contribution < -0.4 is 15.8 Å². The molecule has 1 aliphatic rings. The molecule has 0 atom stereocenters. The summed E-state index contributed by atoms with van der Waals surface area (Å²) in [4.78, 5) is 2.56. The van der Waals surface area contributed by atoms with Crippen LogP contribution in [0.3, 0.4) is 0 Å². The predicted molar refractivity (Wildman–Crippen MR) is 85.9 cm³/mol. The van der Waals surface area contributed by atoms with E-state index in [0.29, 0.717) is 0 Å². The minimum absolute atomic E-state index is 0.117. The quantitative estimate of drug-likeness (QED) is 0.684. The minimum Gasteiger partial charge on any atom is -0.398 e. The molecule has 0 unspecified atom stereocenters. The Morgan fingerprint density at radius 3 is 2.57 bits per heavy atom. The van der Waals surface area contributed by atoms with Gasteiger partial charge in [-0.05, 0) is 51.2 Å². The number of hydrogen-bond donors (Lipinski definition) is 3. The maximum absolute atomic E-state index is 11.7. The molecule has 1 aromatic rings. The zero-order valence-electron chi connectivity index (χ0n) is 12.4. The number of likely N-dealkylation sites (tertiary alicyclic amines) is 1. The first-order valence-corrected chi connectivity index (χ1v) is 8.80. The molecule has 0 amide bonds. The molecule has 0 aromatic heterocycles. The number of sulfonamides is 1. The van der Waals surface area contributed by atoms with E-state index in [2.05, 4.69) is 14.9 Å². The molecule has 7 heteroatoms. The van der Waals surface area contributed by atoms with Crippen LogP contribution in [0, 0.1) is 0 Å². The Balaban J connectivity index is 1.91. The van der Waals surface area contributed by atoms with Crippen LogP contribution in [0.25, 0.3) is 0 Å². The molecule has 2 rings (SSSR count). The third-order valence-electron chi connectivity index (χ3n) is 3.77. The van der Waals surface area contributed by atoms with Gasteiger partial charge in [-0.1, -0.05) is 6.42 Å². The van der Waals surface area contributed by atoms with Crippen molar-refractivity contribution in [2.24, 2.45) is 0 Å². The van der Waals surface area contributed by atoms with E-state index in [1.54, 1.807) is 12.1 Å². The Kier molecular flexibility index (Phi) is 5.44. The molecule has 4 N–H and O–H groups in total. The lowest BCUT2D eigenvalue weighted by molar-refractivity contribution is 0.237. The minimum atomic E-state index is -3.49. The molecule has 6 nitrogen and oxygen atoms in total. The Morgan fingerprint density at radius 2 is 1.95 bits per heavy atom. The highest BCUT2D eigenvalue weighted by Gasteiger charge is 2.15. The van der Waals surface area contributed by atoms with Crippen LogP contribution in [-0.2, 0) is 10.0 Å². The van der Waals surface area contributed by atoms with Crippen molar-refractivity contribution in [2.75, 3.05) is 44.3 Å². The summed E-state index contributed by atoms with van der Waals surface area (Å²) in [7, 11) is -2.12. The van der Waals surface area contributed by atoms with Gasteiger partial charge in [-0.15, -0.1) is 0 Å². The number of nitrogens with zero attached hydrogens (tertiary/aromatic N) is 1. The molecule has 0 saturated carbocycles. The fourth-order valence-electron chi connectivity index (χ4n) is 2.55. The first kappa shape index (κ1) is 16.1.